The van der Waals surface area contributed by atoms with Crippen molar-refractivity contribution in [2.75, 3.05) is 26.4 Å². The lowest BCUT2D eigenvalue weighted by Gasteiger charge is -2.19. The number of carbonyl (C=O) groups is 2. The van der Waals surface area contributed by atoms with E-state index in [9.17, 15) is 19.0 Å². The van der Waals surface area contributed by atoms with Gasteiger partial charge in [-0.05, 0) is 77.0 Å². The number of phosphoric ester groups is 1. The predicted octanol–water partition coefficient (Wildman–Crippen LogP) is 13.5. The first kappa shape index (κ1) is 55.0. The molecule has 332 valence electrons. The van der Waals surface area contributed by atoms with Crippen LogP contribution in [0.4, 0.5) is 0 Å². The van der Waals surface area contributed by atoms with Crippen molar-refractivity contribution in [2.45, 2.75) is 213 Å². The standard InChI is InChI=1S/C47H86NO8P/c1-3-5-7-9-11-13-15-17-19-21-22-24-26-28-30-32-34-36-38-40-47(50)56-45(44-55-57(51,52)54-42-41-48)43-53-46(49)39-37-35-33-31-29-27-25-23-20-18-16-14-12-10-8-6-4-2/h12,14,17-20,25,27,45H,3-11,13,15-16,21-24,26,28-44,48H2,1-2H3,(H,51,52). The summed E-state index contributed by atoms with van der Waals surface area (Å²) in [6, 6.07) is 0. The summed E-state index contributed by atoms with van der Waals surface area (Å²) < 4.78 is 32.8. The molecule has 0 aromatic carbocycles. The van der Waals surface area contributed by atoms with Gasteiger partial charge in [-0.2, -0.15) is 0 Å². The van der Waals surface area contributed by atoms with Crippen molar-refractivity contribution in [3.63, 3.8) is 0 Å². The van der Waals surface area contributed by atoms with Crippen molar-refractivity contribution in [3.05, 3.63) is 48.6 Å². The van der Waals surface area contributed by atoms with Crippen molar-refractivity contribution >= 4 is 19.8 Å². The highest BCUT2D eigenvalue weighted by atomic mass is 31.2. The molecule has 10 heteroatoms. The third kappa shape index (κ3) is 43.4. The van der Waals surface area contributed by atoms with E-state index >= 15 is 0 Å². The minimum atomic E-state index is -4.38. The van der Waals surface area contributed by atoms with Crippen LogP contribution in [0.1, 0.15) is 206 Å². The molecule has 9 nitrogen and oxygen atoms in total. The second-order valence-electron chi connectivity index (χ2n) is 15.3. The van der Waals surface area contributed by atoms with Gasteiger partial charge in [-0.3, -0.25) is 18.6 Å². The lowest BCUT2D eigenvalue weighted by Crippen LogP contribution is -2.29. The lowest BCUT2D eigenvalue weighted by atomic mass is 10.1. The molecule has 0 saturated heterocycles. The molecule has 0 rings (SSSR count). The SMILES string of the molecule is CCCCCC=CCC=CCC=CCCCCCCC(=O)OCC(COP(=O)(O)OCCN)OC(=O)CCCCCCCCCCCC=CCCCCCCCC. The molecule has 0 aliphatic heterocycles. The van der Waals surface area contributed by atoms with E-state index in [0.29, 0.717) is 12.8 Å². The summed E-state index contributed by atoms with van der Waals surface area (Å²) in [5.74, 6) is -0.854. The number of nitrogens with two attached hydrogens (primary N) is 1. The van der Waals surface area contributed by atoms with Crippen LogP contribution >= 0.6 is 7.82 Å². The Morgan fingerprint density at radius 3 is 1.40 bits per heavy atom. The van der Waals surface area contributed by atoms with Crippen LogP contribution in [0.5, 0.6) is 0 Å². The first-order chi connectivity index (χ1) is 27.8. The van der Waals surface area contributed by atoms with Gasteiger partial charge >= 0.3 is 19.8 Å². The van der Waals surface area contributed by atoms with Gasteiger partial charge in [0.2, 0.25) is 0 Å². The Morgan fingerprint density at radius 2 is 0.912 bits per heavy atom. The zero-order chi connectivity index (χ0) is 41.8. The second kappa shape index (κ2) is 43.5. The van der Waals surface area contributed by atoms with Gasteiger partial charge in [0.25, 0.3) is 0 Å². The van der Waals surface area contributed by atoms with Gasteiger partial charge in [0.1, 0.15) is 6.61 Å². The van der Waals surface area contributed by atoms with E-state index in [1.54, 1.807) is 0 Å². The number of phosphoric acid groups is 1. The lowest BCUT2D eigenvalue weighted by molar-refractivity contribution is -0.161. The van der Waals surface area contributed by atoms with Gasteiger partial charge in [0.05, 0.1) is 13.2 Å². The average molecular weight is 824 g/mol. The molecule has 0 heterocycles. The molecule has 3 N–H and O–H groups in total. The largest absolute Gasteiger partial charge is 0.472 e. The zero-order valence-corrected chi connectivity index (χ0v) is 37.5. The summed E-state index contributed by atoms with van der Waals surface area (Å²) in [6.45, 7) is 3.68. The number of hydrogen-bond donors (Lipinski definition) is 2. The Balaban J connectivity index is 4.15. The van der Waals surface area contributed by atoms with Crippen LogP contribution in [-0.4, -0.2) is 49.3 Å². The number of carbonyl (C=O) groups excluding carboxylic acids is 2. The van der Waals surface area contributed by atoms with E-state index < -0.39 is 32.5 Å². The van der Waals surface area contributed by atoms with Crippen LogP contribution in [0.2, 0.25) is 0 Å². The van der Waals surface area contributed by atoms with Crippen LogP contribution in [0.3, 0.4) is 0 Å². The Morgan fingerprint density at radius 1 is 0.526 bits per heavy atom. The van der Waals surface area contributed by atoms with Crippen LogP contribution in [0.25, 0.3) is 0 Å². The first-order valence-electron chi connectivity index (χ1n) is 23.1. The average Bonchev–Trinajstić information content (AvgIpc) is 3.20. The number of rotatable bonds is 43. The topological polar surface area (TPSA) is 134 Å². The summed E-state index contributed by atoms with van der Waals surface area (Å²) in [5.41, 5.74) is 5.35. The number of hydrogen-bond acceptors (Lipinski definition) is 8. The molecule has 57 heavy (non-hydrogen) atoms. The maximum Gasteiger partial charge on any atom is 0.472 e. The van der Waals surface area contributed by atoms with Crippen molar-refractivity contribution in [2.24, 2.45) is 5.73 Å². The van der Waals surface area contributed by atoms with Crippen molar-refractivity contribution in [3.8, 4) is 0 Å². The Hall–Kier alpha value is -2.03. The van der Waals surface area contributed by atoms with Crippen LogP contribution in [-0.2, 0) is 32.7 Å². The molecule has 0 aliphatic rings. The third-order valence-corrected chi connectivity index (χ3v) is 10.7. The normalized spacial score (nSPS) is 13.7. The molecular weight excluding hydrogens is 737 g/mol. The maximum absolute atomic E-state index is 12.6. The molecule has 0 bridgehead atoms. The zero-order valence-electron chi connectivity index (χ0n) is 36.6. The van der Waals surface area contributed by atoms with E-state index in [2.05, 4.69) is 62.5 Å². The highest BCUT2D eigenvalue weighted by Gasteiger charge is 2.26. The highest BCUT2D eigenvalue weighted by molar-refractivity contribution is 7.47. The van der Waals surface area contributed by atoms with E-state index in [1.807, 2.05) is 0 Å². The number of allylic oxidation sites excluding steroid dienone is 8. The molecule has 0 fully saturated rings. The highest BCUT2D eigenvalue weighted by Crippen LogP contribution is 2.43. The fourth-order valence-corrected chi connectivity index (χ4v) is 6.99. The number of esters is 2. The molecule has 0 aromatic heterocycles. The summed E-state index contributed by atoms with van der Waals surface area (Å²) in [5, 5.41) is 0. The molecule has 0 aliphatic carbocycles. The summed E-state index contributed by atoms with van der Waals surface area (Å²) in [6.07, 6.45) is 49.9. The molecule has 0 saturated carbocycles. The molecule has 0 radical (unpaired) electrons. The Kier molecular flexibility index (Phi) is 42.0. The molecule has 2 unspecified atom stereocenters. The summed E-state index contributed by atoms with van der Waals surface area (Å²) in [4.78, 5) is 34.9. The molecule has 0 amide bonds. The van der Waals surface area contributed by atoms with Crippen LogP contribution in [0.15, 0.2) is 48.6 Å². The smallest absolute Gasteiger partial charge is 0.462 e. The third-order valence-electron chi connectivity index (χ3n) is 9.69. The quantitative estimate of drug-likeness (QED) is 0.0267. The van der Waals surface area contributed by atoms with E-state index in [1.165, 1.54) is 109 Å². The first-order valence-corrected chi connectivity index (χ1v) is 24.6. The van der Waals surface area contributed by atoms with E-state index in [4.69, 9.17) is 24.3 Å². The van der Waals surface area contributed by atoms with E-state index in [-0.39, 0.29) is 32.6 Å². The summed E-state index contributed by atoms with van der Waals surface area (Å²) >= 11 is 0. The van der Waals surface area contributed by atoms with Gasteiger partial charge in [-0.1, -0.05) is 165 Å². The molecule has 0 aromatic rings. The Bertz CT molecular complexity index is 1080. The maximum atomic E-state index is 12.6. The molecular formula is C47H86NO8P. The number of ether oxygens (including phenoxy) is 2. The fraction of sp³-hybridized carbons (Fsp3) is 0.787. The Labute approximate surface area is 349 Å². The second-order valence-corrected chi connectivity index (χ2v) is 16.7. The van der Waals surface area contributed by atoms with Gasteiger partial charge in [0.15, 0.2) is 6.10 Å². The van der Waals surface area contributed by atoms with Crippen LogP contribution in [0, 0.1) is 0 Å². The van der Waals surface area contributed by atoms with Gasteiger partial charge in [0, 0.05) is 19.4 Å². The molecule has 2 atom stereocenters. The minimum Gasteiger partial charge on any atom is -0.462 e. The van der Waals surface area contributed by atoms with Crippen molar-refractivity contribution < 1.29 is 37.6 Å². The van der Waals surface area contributed by atoms with Crippen molar-refractivity contribution in [1.29, 1.82) is 0 Å². The fourth-order valence-electron chi connectivity index (χ4n) is 6.22. The van der Waals surface area contributed by atoms with Crippen LogP contribution < -0.4 is 5.73 Å². The minimum absolute atomic E-state index is 0.0487. The van der Waals surface area contributed by atoms with Crippen molar-refractivity contribution in [1.82, 2.24) is 0 Å². The van der Waals surface area contributed by atoms with Gasteiger partial charge < -0.3 is 20.1 Å². The van der Waals surface area contributed by atoms with Gasteiger partial charge in [-0.15, -0.1) is 0 Å². The number of unbranched alkanes of at least 4 members (excludes halogenated alkanes) is 22. The molecule has 0 spiro atoms. The summed E-state index contributed by atoms with van der Waals surface area (Å²) in [7, 11) is -4.38. The van der Waals surface area contributed by atoms with E-state index in [0.717, 1.165) is 57.8 Å². The predicted molar refractivity (Wildman–Crippen MR) is 238 cm³/mol. The van der Waals surface area contributed by atoms with Gasteiger partial charge in [-0.25, -0.2) is 4.57 Å². The monoisotopic (exact) mass is 824 g/mol.